The number of nitrogens with one attached hydrogen (secondary N) is 2. The standard InChI is InChI=1S/C14H24N4O4S.ClH/c1-9-13(11(3)22-16-9)23(20,21)17-10(2)14(19)18-7-5-6-12(8-18)15-4;/h10,12,15,17H,5-8H2,1-4H3;1H. The van der Waals surface area contributed by atoms with Crippen molar-refractivity contribution in [2.45, 2.75) is 50.6 Å². The molecule has 0 aromatic carbocycles. The second-order valence-corrected chi connectivity index (χ2v) is 7.56. The largest absolute Gasteiger partial charge is 0.360 e. The van der Waals surface area contributed by atoms with Crippen molar-refractivity contribution in [2.75, 3.05) is 20.1 Å². The Kier molecular flexibility index (Phi) is 7.21. The van der Waals surface area contributed by atoms with Crippen LogP contribution in [0, 0.1) is 13.8 Å². The Hall–Kier alpha value is -1.16. The van der Waals surface area contributed by atoms with Gasteiger partial charge in [-0.15, -0.1) is 12.4 Å². The molecular weight excluding hydrogens is 356 g/mol. The molecule has 2 unspecified atom stereocenters. The summed E-state index contributed by atoms with van der Waals surface area (Å²) in [6, 6.07) is -0.594. The second kappa shape index (κ2) is 8.28. The third-order valence-corrected chi connectivity index (χ3v) is 5.86. The minimum absolute atomic E-state index is 0. The first-order valence-corrected chi connectivity index (χ1v) is 9.16. The van der Waals surface area contributed by atoms with E-state index in [0.29, 0.717) is 13.1 Å². The van der Waals surface area contributed by atoms with Crippen molar-refractivity contribution < 1.29 is 17.7 Å². The normalized spacial score (nSPS) is 19.7. The van der Waals surface area contributed by atoms with Crippen molar-refractivity contribution in [3.8, 4) is 0 Å². The fraction of sp³-hybridized carbons (Fsp3) is 0.714. The molecular formula is C14H25ClN4O4S. The summed E-state index contributed by atoms with van der Waals surface area (Å²) in [4.78, 5) is 14.2. The van der Waals surface area contributed by atoms with E-state index in [1.165, 1.54) is 6.92 Å². The first-order chi connectivity index (χ1) is 10.8. The lowest BCUT2D eigenvalue weighted by atomic mass is 10.1. The fourth-order valence-electron chi connectivity index (χ4n) is 2.89. The van der Waals surface area contributed by atoms with Crippen LogP contribution in [0.3, 0.4) is 0 Å². The lowest BCUT2D eigenvalue weighted by Crippen LogP contribution is -2.53. The van der Waals surface area contributed by atoms with Crippen LogP contribution in [-0.2, 0) is 14.8 Å². The predicted molar refractivity (Wildman–Crippen MR) is 91.7 cm³/mol. The zero-order valence-electron chi connectivity index (χ0n) is 14.3. The molecule has 1 aromatic rings. The Labute approximate surface area is 148 Å². The Morgan fingerprint density at radius 3 is 2.62 bits per heavy atom. The lowest BCUT2D eigenvalue weighted by Gasteiger charge is -2.34. The molecule has 1 amide bonds. The van der Waals surface area contributed by atoms with E-state index in [-0.39, 0.29) is 40.7 Å². The molecule has 8 nitrogen and oxygen atoms in total. The number of aromatic nitrogens is 1. The summed E-state index contributed by atoms with van der Waals surface area (Å²) in [5.41, 5.74) is 0.280. The molecule has 1 fully saturated rings. The summed E-state index contributed by atoms with van der Waals surface area (Å²) in [6.07, 6.45) is 1.92. The van der Waals surface area contributed by atoms with Gasteiger partial charge in [-0.2, -0.15) is 4.72 Å². The molecule has 0 aliphatic carbocycles. The zero-order chi connectivity index (χ0) is 17.2. The van der Waals surface area contributed by atoms with Crippen LogP contribution in [0.2, 0.25) is 0 Å². The van der Waals surface area contributed by atoms with Gasteiger partial charge in [-0.1, -0.05) is 5.16 Å². The van der Waals surface area contributed by atoms with E-state index in [2.05, 4.69) is 15.2 Å². The van der Waals surface area contributed by atoms with E-state index in [1.54, 1.807) is 18.7 Å². The minimum Gasteiger partial charge on any atom is -0.360 e. The van der Waals surface area contributed by atoms with Crippen molar-refractivity contribution >= 4 is 28.3 Å². The van der Waals surface area contributed by atoms with E-state index in [9.17, 15) is 13.2 Å². The number of amides is 1. The molecule has 0 saturated carbocycles. The molecule has 2 atom stereocenters. The highest BCUT2D eigenvalue weighted by atomic mass is 35.5. The smallest absolute Gasteiger partial charge is 0.246 e. The highest BCUT2D eigenvalue weighted by Gasteiger charge is 2.31. The van der Waals surface area contributed by atoms with Gasteiger partial charge in [-0.05, 0) is 40.7 Å². The highest BCUT2D eigenvalue weighted by Crippen LogP contribution is 2.19. The topological polar surface area (TPSA) is 105 Å². The maximum atomic E-state index is 12.5. The van der Waals surface area contributed by atoms with Crippen molar-refractivity contribution in [1.29, 1.82) is 0 Å². The Bertz CT molecular complexity index is 657. The Morgan fingerprint density at radius 2 is 2.08 bits per heavy atom. The van der Waals surface area contributed by atoms with Gasteiger partial charge in [0.25, 0.3) is 0 Å². The number of halogens is 1. The van der Waals surface area contributed by atoms with Crippen LogP contribution >= 0.6 is 12.4 Å². The van der Waals surface area contributed by atoms with Gasteiger partial charge in [0.15, 0.2) is 5.76 Å². The number of sulfonamides is 1. The molecule has 1 aromatic heterocycles. The van der Waals surface area contributed by atoms with Crippen LogP contribution in [0.25, 0.3) is 0 Å². The number of likely N-dealkylation sites (N-methyl/N-ethyl adjacent to an activating group) is 1. The van der Waals surface area contributed by atoms with E-state index in [4.69, 9.17) is 4.52 Å². The fourth-order valence-corrected chi connectivity index (χ4v) is 4.41. The van der Waals surface area contributed by atoms with Crippen LogP contribution in [0.4, 0.5) is 0 Å². The van der Waals surface area contributed by atoms with Gasteiger partial charge in [0.2, 0.25) is 15.9 Å². The molecule has 10 heteroatoms. The maximum absolute atomic E-state index is 12.5. The molecule has 1 aliphatic rings. The van der Waals surface area contributed by atoms with Gasteiger partial charge in [-0.3, -0.25) is 4.79 Å². The highest BCUT2D eigenvalue weighted by molar-refractivity contribution is 7.89. The molecule has 138 valence electrons. The lowest BCUT2D eigenvalue weighted by molar-refractivity contribution is -0.133. The third kappa shape index (κ3) is 4.47. The van der Waals surface area contributed by atoms with Crippen molar-refractivity contribution in [2.24, 2.45) is 0 Å². The Balaban J connectivity index is 0.00000288. The minimum atomic E-state index is -3.85. The van der Waals surface area contributed by atoms with Crippen LogP contribution in [0.15, 0.2) is 9.42 Å². The second-order valence-electron chi connectivity index (χ2n) is 5.91. The number of rotatable bonds is 5. The molecule has 1 saturated heterocycles. The van der Waals surface area contributed by atoms with E-state index in [1.807, 2.05) is 7.05 Å². The van der Waals surface area contributed by atoms with Gasteiger partial charge in [0, 0.05) is 19.1 Å². The summed E-state index contributed by atoms with van der Waals surface area (Å²) in [5, 5.41) is 6.81. The number of nitrogens with zero attached hydrogens (tertiary/aromatic N) is 2. The molecule has 24 heavy (non-hydrogen) atoms. The third-order valence-electron chi connectivity index (χ3n) is 4.08. The number of hydrogen-bond donors (Lipinski definition) is 2. The van der Waals surface area contributed by atoms with Gasteiger partial charge in [0.1, 0.15) is 10.6 Å². The van der Waals surface area contributed by atoms with Crippen molar-refractivity contribution in [3.05, 3.63) is 11.5 Å². The molecule has 2 heterocycles. The van der Waals surface area contributed by atoms with Crippen molar-refractivity contribution in [1.82, 2.24) is 20.1 Å². The number of piperidine rings is 1. The van der Waals surface area contributed by atoms with E-state index < -0.39 is 16.1 Å². The SMILES string of the molecule is CNC1CCCN(C(=O)C(C)NS(=O)(=O)c2c(C)noc2C)C1.Cl. The van der Waals surface area contributed by atoms with Gasteiger partial charge in [-0.25, -0.2) is 8.42 Å². The quantitative estimate of drug-likeness (QED) is 0.774. The molecule has 0 radical (unpaired) electrons. The summed E-state index contributed by atoms with van der Waals surface area (Å²) in [6.45, 7) is 5.88. The molecule has 2 N–H and O–H groups in total. The van der Waals surface area contributed by atoms with Gasteiger partial charge in [0.05, 0.1) is 6.04 Å². The van der Waals surface area contributed by atoms with Crippen LogP contribution in [-0.4, -0.2) is 56.6 Å². The molecule has 0 spiro atoms. The number of likely N-dealkylation sites (tertiary alicyclic amines) is 1. The van der Waals surface area contributed by atoms with Gasteiger partial charge >= 0.3 is 0 Å². The first-order valence-electron chi connectivity index (χ1n) is 7.67. The number of carbonyl (C=O) groups excluding carboxylic acids is 1. The summed E-state index contributed by atoms with van der Waals surface area (Å²) in [5.74, 6) is -0.0110. The first kappa shape index (κ1) is 20.9. The average Bonchev–Trinajstić information content (AvgIpc) is 2.85. The van der Waals surface area contributed by atoms with E-state index in [0.717, 1.165) is 12.8 Å². The summed E-state index contributed by atoms with van der Waals surface area (Å²) in [7, 11) is -1.99. The maximum Gasteiger partial charge on any atom is 0.246 e. The number of aryl methyl sites for hydroxylation is 2. The summed E-state index contributed by atoms with van der Waals surface area (Å²) < 4.78 is 32.2. The number of carbonyl (C=O) groups is 1. The summed E-state index contributed by atoms with van der Waals surface area (Å²) >= 11 is 0. The molecule has 0 bridgehead atoms. The Morgan fingerprint density at radius 1 is 1.42 bits per heavy atom. The average molecular weight is 381 g/mol. The molecule has 2 rings (SSSR count). The van der Waals surface area contributed by atoms with Crippen LogP contribution in [0.5, 0.6) is 0 Å². The molecule has 1 aliphatic heterocycles. The van der Waals surface area contributed by atoms with Crippen LogP contribution < -0.4 is 10.0 Å². The van der Waals surface area contributed by atoms with Crippen molar-refractivity contribution in [3.63, 3.8) is 0 Å². The monoisotopic (exact) mass is 380 g/mol. The zero-order valence-corrected chi connectivity index (χ0v) is 16.0. The van der Waals surface area contributed by atoms with Crippen LogP contribution in [0.1, 0.15) is 31.2 Å². The van der Waals surface area contributed by atoms with E-state index >= 15 is 0 Å². The predicted octanol–water partition coefficient (Wildman–Crippen LogP) is 0.590. The van der Waals surface area contributed by atoms with Gasteiger partial charge < -0.3 is 14.7 Å². The number of hydrogen-bond acceptors (Lipinski definition) is 6.